The summed E-state index contributed by atoms with van der Waals surface area (Å²) in [7, 11) is 0. The maximum absolute atomic E-state index is 12.2. The quantitative estimate of drug-likeness (QED) is 0.890. The molecule has 3 rings (SSSR count). The second kappa shape index (κ2) is 6.93. The lowest BCUT2D eigenvalue weighted by molar-refractivity contribution is -0.902. The monoisotopic (exact) mass is 298 g/mol. The molecule has 2 aliphatic rings. The first-order valence-electron chi connectivity index (χ1n) is 8.38. The topological polar surface area (TPSA) is 57.3 Å². The molecule has 4 nitrogen and oxygen atoms in total. The van der Waals surface area contributed by atoms with Gasteiger partial charge < -0.3 is 10.2 Å². The van der Waals surface area contributed by atoms with E-state index in [0.29, 0.717) is 12.1 Å². The van der Waals surface area contributed by atoms with Gasteiger partial charge in [-0.25, -0.2) is 0 Å². The smallest absolute Gasteiger partial charge is 0.279 e. The molecule has 22 heavy (non-hydrogen) atoms. The fraction of sp³-hybridized carbons (Fsp3) is 0.556. The Morgan fingerprint density at radius 2 is 1.91 bits per heavy atom. The summed E-state index contributed by atoms with van der Waals surface area (Å²) in [6.45, 7) is 2.84. The van der Waals surface area contributed by atoms with Gasteiger partial charge in [0.05, 0.1) is 24.7 Å². The van der Waals surface area contributed by atoms with Crippen molar-refractivity contribution in [3.8, 4) is 6.07 Å². The van der Waals surface area contributed by atoms with Gasteiger partial charge >= 0.3 is 0 Å². The van der Waals surface area contributed by atoms with E-state index in [1.54, 1.807) is 24.3 Å². The van der Waals surface area contributed by atoms with Crippen LogP contribution in [0.5, 0.6) is 0 Å². The van der Waals surface area contributed by atoms with Crippen molar-refractivity contribution >= 4 is 11.6 Å². The average Bonchev–Trinajstić information content (AvgIpc) is 2.55. The molecule has 0 bridgehead atoms. The lowest BCUT2D eigenvalue weighted by Gasteiger charge is -2.38. The van der Waals surface area contributed by atoms with Crippen LogP contribution in [0, 0.1) is 23.2 Å². The van der Waals surface area contributed by atoms with E-state index in [1.807, 2.05) is 0 Å². The second-order valence-electron chi connectivity index (χ2n) is 6.71. The number of amides is 1. The third kappa shape index (κ3) is 3.66. The van der Waals surface area contributed by atoms with Crippen LogP contribution < -0.4 is 10.2 Å². The first kappa shape index (κ1) is 15.1. The van der Waals surface area contributed by atoms with Gasteiger partial charge in [0.25, 0.3) is 5.91 Å². The predicted molar refractivity (Wildman–Crippen MR) is 85.4 cm³/mol. The number of nitrogens with zero attached hydrogens (tertiary/aromatic N) is 1. The van der Waals surface area contributed by atoms with Crippen molar-refractivity contribution in [3.63, 3.8) is 0 Å². The predicted octanol–water partition coefficient (Wildman–Crippen LogP) is 1.59. The van der Waals surface area contributed by atoms with Gasteiger partial charge in [0.2, 0.25) is 0 Å². The third-order valence-corrected chi connectivity index (χ3v) is 5.19. The van der Waals surface area contributed by atoms with Crippen LogP contribution in [0.4, 0.5) is 5.69 Å². The fourth-order valence-electron chi connectivity index (χ4n) is 4.02. The van der Waals surface area contributed by atoms with Crippen LogP contribution >= 0.6 is 0 Å². The van der Waals surface area contributed by atoms with Crippen molar-refractivity contribution in [2.45, 2.75) is 32.1 Å². The maximum Gasteiger partial charge on any atom is 0.279 e. The molecule has 1 amide bonds. The molecule has 1 saturated heterocycles. The number of quaternary nitrogens is 1. The lowest BCUT2D eigenvalue weighted by atomic mass is 9.75. The average molecular weight is 298 g/mol. The summed E-state index contributed by atoms with van der Waals surface area (Å²) < 4.78 is 0. The van der Waals surface area contributed by atoms with Gasteiger partial charge in [0.1, 0.15) is 0 Å². The highest BCUT2D eigenvalue weighted by Crippen LogP contribution is 2.32. The van der Waals surface area contributed by atoms with Crippen molar-refractivity contribution in [3.05, 3.63) is 29.8 Å². The minimum atomic E-state index is 0.0777. The number of nitrogens with one attached hydrogen (secondary N) is 2. The molecule has 1 aliphatic heterocycles. The summed E-state index contributed by atoms with van der Waals surface area (Å²) in [5.41, 5.74) is 1.39. The van der Waals surface area contributed by atoms with Gasteiger partial charge in [-0.05, 0) is 49.4 Å². The first-order valence-corrected chi connectivity index (χ1v) is 8.38. The Balaban J connectivity index is 1.50. The Hall–Kier alpha value is -1.86. The molecule has 0 spiro atoms. The van der Waals surface area contributed by atoms with E-state index in [2.05, 4.69) is 11.4 Å². The highest BCUT2D eigenvalue weighted by atomic mass is 16.2. The summed E-state index contributed by atoms with van der Waals surface area (Å²) in [5, 5.41) is 11.7. The number of rotatable bonds is 3. The molecular formula is C18H24N3O+. The SMILES string of the molecule is N#Cc1ccc(NC(=O)C[NH+]2CC[C@H]3CCCC[C@@H]3C2)cc1. The van der Waals surface area contributed by atoms with Crippen molar-refractivity contribution < 1.29 is 9.69 Å². The summed E-state index contributed by atoms with van der Waals surface area (Å²) in [4.78, 5) is 13.6. The minimum absolute atomic E-state index is 0.0777. The van der Waals surface area contributed by atoms with Gasteiger partial charge in [-0.3, -0.25) is 4.79 Å². The maximum atomic E-state index is 12.2. The number of benzene rings is 1. The molecule has 2 fully saturated rings. The number of hydrogen-bond donors (Lipinski definition) is 2. The van der Waals surface area contributed by atoms with E-state index in [9.17, 15) is 4.79 Å². The molecular weight excluding hydrogens is 274 g/mol. The van der Waals surface area contributed by atoms with Gasteiger partial charge in [-0.1, -0.05) is 12.8 Å². The van der Waals surface area contributed by atoms with E-state index in [-0.39, 0.29) is 5.91 Å². The molecule has 2 N–H and O–H groups in total. The van der Waals surface area contributed by atoms with Crippen molar-refractivity contribution in [1.82, 2.24) is 0 Å². The minimum Gasteiger partial charge on any atom is -0.327 e. The molecule has 0 radical (unpaired) electrons. The van der Waals surface area contributed by atoms with Crippen LogP contribution in [0.15, 0.2) is 24.3 Å². The van der Waals surface area contributed by atoms with E-state index in [0.717, 1.165) is 30.6 Å². The normalized spacial score (nSPS) is 27.5. The number of nitriles is 1. The van der Waals surface area contributed by atoms with E-state index in [4.69, 9.17) is 5.26 Å². The Labute approximate surface area is 132 Å². The van der Waals surface area contributed by atoms with Crippen LogP contribution in [0.2, 0.25) is 0 Å². The summed E-state index contributed by atoms with van der Waals surface area (Å²) in [6, 6.07) is 9.13. The van der Waals surface area contributed by atoms with Crippen molar-refractivity contribution in [1.29, 1.82) is 5.26 Å². The number of piperidine rings is 1. The van der Waals surface area contributed by atoms with Crippen LogP contribution in [0.3, 0.4) is 0 Å². The molecule has 1 unspecified atom stereocenters. The molecule has 1 aliphatic carbocycles. The van der Waals surface area contributed by atoms with Gasteiger partial charge in [-0.2, -0.15) is 5.26 Å². The van der Waals surface area contributed by atoms with Crippen molar-refractivity contribution in [2.75, 3.05) is 25.0 Å². The van der Waals surface area contributed by atoms with Crippen LogP contribution in [-0.2, 0) is 4.79 Å². The zero-order valence-corrected chi connectivity index (χ0v) is 13.0. The van der Waals surface area contributed by atoms with Gasteiger partial charge in [0, 0.05) is 11.6 Å². The Kier molecular flexibility index (Phi) is 4.74. The van der Waals surface area contributed by atoms with E-state index in [1.165, 1.54) is 37.0 Å². The molecule has 3 atom stereocenters. The molecule has 116 valence electrons. The van der Waals surface area contributed by atoms with Crippen molar-refractivity contribution in [2.24, 2.45) is 11.8 Å². The first-order chi connectivity index (χ1) is 10.7. The fourth-order valence-corrected chi connectivity index (χ4v) is 4.02. The molecule has 1 aromatic carbocycles. The zero-order chi connectivity index (χ0) is 15.4. The van der Waals surface area contributed by atoms with Gasteiger partial charge in [-0.15, -0.1) is 0 Å². The Bertz CT molecular complexity index is 561. The molecule has 1 heterocycles. The highest BCUT2D eigenvalue weighted by molar-refractivity contribution is 5.91. The van der Waals surface area contributed by atoms with Crippen LogP contribution in [0.25, 0.3) is 0 Å². The third-order valence-electron chi connectivity index (χ3n) is 5.19. The molecule has 0 aromatic heterocycles. The largest absolute Gasteiger partial charge is 0.327 e. The molecule has 4 heteroatoms. The Morgan fingerprint density at radius 1 is 1.18 bits per heavy atom. The van der Waals surface area contributed by atoms with Crippen LogP contribution in [-0.4, -0.2) is 25.5 Å². The van der Waals surface area contributed by atoms with Gasteiger partial charge in [0.15, 0.2) is 6.54 Å². The number of likely N-dealkylation sites (tertiary alicyclic amines) is 1. The van der Waals surface area contributed by atoms with Crippen LogP contribution in [0.1, 0.15) is 37.7 Å². The van der Waals surface area contributed by atoms with E-state index < -0.39 is 0 Å². The number of carbonyl (C=O) groups is 1. The second-order valence-corrected chi connectivity index (χ2v) is 6.71. The number of anilines is 1. The Morgan fingerprint density at radius 3 is 2.64 bits per heavy atom. The zero-order valence-electron chi connectivity index (χ0n) is 13.0. The summed E-state index contributed by atoms with van der Waals surface area (Å²) in [5.74, 6) is 1.83. The number of carbonyl (C=O) groups excluding carboxylic acids is 1. The summed E-state index contributed by atoms with van der Waals surface area (Å²) in [6.07, 6.45) is 6.80. The summed E-state index contributed by atoms with van der Waals surface area (Å²) >= 11 is 0. The molecule has 1 aromatic rings. The lowest BCUT2D eigenvalue weighted by Crippen LogP contribution is -3.15. The van der Waals surface area contributed by atoms with E-state index >= 15 is 0 Å². The number of hydrogen-bond acceptors (Lipinski definition) is 2. The molecule has 1 saturated carbocycles. The standard InChI is InChI=1S/C18H23N3O/c19-11-14-5-7-17(8-6-14)20-18(22)13-21-10-9-15-3-1-2-4-16(15)12-21/h5-8,15-16H,1-4,9-10,12-13H2,(H,20,22)/p+1/t15-,16-/m1/s1. The highest BCUT2D eigenvalue weighted by Gasteiger charge is 2.34. The number of fused-ring (bicyclic) bond motifs is 1.